The maximum Gasteiger partial charge on any atom is 0.124 e. The Kier molecular flexibility index (Phi) is 7.53. The molecule has 0 fully saturated rings. The van der Waals surface area contributed by atoms with Crippen LogP contribution in [0.25, 0.3) is 0 Å². The Labute approximate surface area is 117 Å². The average Bonchev–Trinajstić information content (AvgIpc) is 2.46. The van der Waals surface area contributed by atoms with Crippen molar-refractivity contribution < 1.29 is 9.47 Å². The molecule has 1 aromatic rings. The van der Waals surface area contributed by atoms with E-state index >= 15 is 0 Å². The number of unbranched alkanes of at least 4 members (excludes halogenated alkanes) is 2. The molecule has 19 heavy (non-hydrogen) atoms. The summed E-state index contributed by atoms with van der Waals surface area (Å²) in [5.41, 5.74) is 2.38. The minimum Gasteiger partial charge on any atom is -0.496 e. The SMILES string of the molecule is CCCCCOCc1cc(C(C)NC)ccc1OC. The van der Waals surface area contributed by atoms with Gasteiger partial charge >= 0.3 is 0 Å². The van der Waals surface area contributed by atoms with Crippen LogP contribution >= 0.6 is 0 Å². The van der Waals surface area contributed by atoms with Crippen molar-refractivity contribution in [3.63, 3.8) is 0 Å². The Balaban J connectivity index is 2.62. The highest BCUT2D eigenvalue weighted by molar-refractivity contribution is 5.38. The van der Waals surface area contributed by atoms with Gasteiger partial charge in [-0.05, 0) is 38.1 Å². The van der Waals surface area contributed by atoms with Crippen LogP contribution in [0.1, 0.15) is 50.3 Å². The van der Waals surface area contributed by atoms with Crippen molar-refractivity contribution in [1.29, 1.82) is 0 Å². The second-order valence-corrected chi connectivity index (χ2v) is 4.84. The van der Waals surface area contributed by atoms with Gasteiger partial charge in [-0.2, -0.15) is 0 Å². The van der Waals surface area contributed by atoms with E-state index in [1.54, 1.807) is 7.11 Å². The quantitative estimate of drug-likeness (QED) is 0.691. The van der Waals surface area contributed by atoms with Crippen molar-refractivity contribution in [2.75, 3.05) is 20.8 Å². The van der Waals surface area contributed by atoms with Gasteiger partial charge in [0, 0.05) is 18.2 Å². The molecule has 0 amide bonds. The summed E-state index contributed by atoms with van der Waals surface area (Å²) in [5.74, 6) is 0.905. The van der Waals surface area contributed by atoms with Gasteiger partial charge < -0.3 is 14.8 Å². The van der Waals surface area contributed by atoms with E-state index in [1.807, 2.05) is 13.1 Å². The van der Waals surface area contributed by atoms with Crippen LogP contribution in [0.4, 0.5) is 0 Å². The Morgan fingerprint density at radius 3 is 2.68 bits per heavy atom. The van der Waals surface area contributed by atoms with Crippen molar-refractivity contribution >= 4 is 0 Å². The number of rotatable bonds is 9. The van der Waals surface area contributed by atoms with E-state index < -0.39 is 0 Å². The van der Waals surface area contributed by atoms with Gasteiger partial charge in [0.25, 0.3) is 0 Å². The molecular weight excluding hydrogens is 238 g/mol. The maximum atomic E-state index is 5.73. The van der Waals surface area contributed by atoms with Crippen molar-refractivity contribution in [2.24, 2.45) is 0 Å². The van der Waals surface area contributed by atoms with Crippen LogP contribution in [0.5, 0.6) is 5.75 Å². The second kappa shape index (κ2) is 8.94. The molecule has 1 atom stereocenters. The average molecular weight is 265 g/mol. The molecule has 0 saturated carbocycles. The standard InChI is InChI=1S/C16H27NO2/c1-5-6-7-10-19-12-15-11-14(13(2)17-3)8-9-16(15)18-4/h8-9,11,13,17H,5-7,10,12H2,1-4H3. The molecular formula is C16H27NO2. The first-order valence-electron chi connectivity index (χ1n) is 7.14. The molecule has 3 heteroatoms. The van der Waals surface area contributed by atoms with E-state index in [0.29, 0.717) is 12.6 Å². The Bertz CT molecular complexity index is 366. The van der Waals surface area contributed by atoms with Gasteiger partial charge in [-0.1, -0.05) is 25.8 Å². The highest BCUT2D eigenvalue weighted by atomic mass is 16.5. The highest BCUT2D eigenvalue weighted by Gasteiger charge is 2.08. The molecule has 108 valence electrons. The molecule has 1 N–H and O–H groups in total. The van der Waals surface area contributed by atoms with E-state index in [9.17, 15) is 0 Å². The number of hydrogen-bond donors (Lipinski definition) is 1. The minimum absolute atomic E-state index is 0.338. The molecule has 1 aromatic carbocycles. The summed E-state index contributed by atoms with van der Waals surface area (Å²) in [5, 5.41) is 3.25. The monoisotopic (exact) mass is 265 g/mol. The van der Waals surface area contributed by atoms with E-state index in [1.165, 1.54) is 18.4 Å². The van der Waals surface area contributed by atoms with Gasteiger partial charge in [0.2, 0.25) is 0 Å². The molecule has 0 bridgehead atoms. The lowest BCUT2D eigenvalue weighted by Gasteiger charge is -2.15. The van der Waals surface area contributed by atoms with E-state index in [0.717, 1.165) is 24.3 Å². The molecule has 0 radical (unpaired) electrons. The largest absolute Gasteiger partial charge is 0.496 e. The van der Waals surface area contributed by atoms with Gasteiger partial charge in [-0.25, -0.2) is 0 Å². The van der Waals surface area contributed by atoms with Crippen LogP contribution in [0.3, 0.4) is 0 Å². The van der Waals surface area contributed by atoms with Crippen molar-refractivity contribution in [1.82, 2.24) is 5.32 Å². The fourth-order valence-electron chi connectivity index (χ4n) is 1.98. The summed E-state index contributed by atoms with van der Waals surface area (Å²) in [6, 6.07) is 6.62. The summed E-state index contributed by atoms with van der Waals surface area (Å²) >= 11 is 0. The van der Waals surface area contributed by atoms with Crippen molar-refractivity contribution in [3.05, 3.63) is 29.3 Å². The number of nitrogens with one attached hydrogen (secondary N) is 1. The summed E-state index contributed by atoms with van der Waals surface area (Å²) in [7, 11) is 3.67. The van der Waals surface area contributed by atoms with Crippen LogP contribution in [0, 0.1) is 0 Å². The first kappa shape index (κ1) is 16.0. The molecule has 0 heterocycles. The fourth-order valence-corrected chi connectivity index (χ4v) is 1.98. The number of methoxy groups -OCH3 is 1. The third kappa shape index (κ3) is 5.21. The Hall–Kier alpha value is -1.06. The lowest BCUT2D eigenvalue weighted by molar-refractivity contribution is 0.115. The van der Waals surface area contributed by atoms with Crippen molar-refractivity contribution in [2.45, 2.75) is 45.8 Å². The molecule has 3 nitrogen and oxygen atoms in total. The van der Waals surface area contributed by atoms with Gasteiger partial charge in [0.05, 0.1) is 13.7 Å². The second-order valence-electron chi connectivity index (χ2n) is 4.84. The van der Waals surface area contributed by atoms with Crippen LogP contribution in [-0.2, 0) is 11.3 Å². The van der Waals surface area contributed by atoms with Crippen LogP contribution in [-0.4, -0.2) is 20.8 Å². The van der Waals surface area contributed by atoms with Crippen LogP contribution in [0.2, 0.25) is 0 Å². The zero-order valence-corrected chi connectivity index (χ0v) is 12.7. The van der Waals surface area contributed by atoms with Gasteiger partial charge in [-0.3, -0.25) is 0 Å². The molecule has 0 aliphatic rings. The molecule has 0 saturated heterocycles. The summed E-state index contributed by atoms with van der Waals surface area (Å²) in [6.07, 6.45) is 3.58. The van der Waals surface area contributed by atoms with Gasteiger partial charge in [0.1, 0.15) is 5.75 Å². The predicted octanol–water partition coefficient (Wildman–Crippen LogP) is 3.68. The molecule has 0 aliphatic carbocycles. The highest BCUT2D eigenvalue weighted by Crippen LogP contribution is 2.24. The van der Waals surface area contributed by atoms with Crippen molar-refractivity contribution in [3.8, 4) is 5.75 Å². The first-order chi connectivity index (χ1) is 9.22. The summed E-state index contributed by atoms with van der Waals surface area (Å²) in [4.78, 5) is 0. The minimum atomic E-state index is 0.338. The molecule has 0 spiro atoms. The third-order valence-electron chi connectivity index (χ3n) is 3.39. The topological polar surface area (TPSA) is 30.5 Å². The predicted molar refractivity (Wildman–Crippen MR) is 79.6 cm³/mol. The fraction of sp³-hybridized carbons (Fsp3) is 0.625. The molecule has 1 unspecified atom stereocenters. The molecule has 1 rings (SSSR count). The number of ether oxygens (including phenoxy) is 2. The Morgan fingerprint density at radius 2 is 2.05 bits per heavy atom. The summed E-state index contributed by atoms with van der Waals surface area (Å²) in [6.45, 7) is 5.79. The maximum absolute atomic E-state index is 5.73. The van der Waals surface area contributed by atoms with E-state index in [4.69, 9.17) is 9.47 Å². The van der Waals surface area contributed by atoms with Gasteiger partial charge in [0.15, 0.2) is 0 Å². The third-order valence-corrected chi connectivity index (χ3v) is 3.39. The zero-order chi connectivity index (χ0) is 14.1. The number of benzene rings is 1. The first-order valence-corrected chi connectivity index (χ1v) is 7.14. The normalized spacial score (nSPS) is 12.4. The Morgan fingerprint density at radius 1 is 1.26 bits per heavy atom. The lowest BCUT2D eigenvalue weighted by Crippen LogP contribution is -2.12. The van der Waals surface area contributed by atoms with Gasteiger partial charge in [-0.15, -0.1) is 0 Å². The lowest BCUT2D eigenvalue weighted by atomic mass is 10.0. The van der Waals surface area contributed by atoms with E-state index in [-0.39, 0.29) is 0 Å². The van der Waals surface area contributed by atoms with Crippen LogP contribution in [0.15, 0.2) is 18.2 Å². The molecule has 0 aliphatic heterocycles. The smallest absolute Gasteiger partial charge is 0.124 e. The number of hydrogen-bond acceptors (Lipinski definition) is 3. The van der Waals surface area contributed by atoms with Crippen LogP contribution < -0.4 is 10.1 Å². The zero-order valence-electron chi connectivity index (χ0n) is 12.7. The molecule has 0 aromatic heterocycles. The van der Waals surface area contributed by atoms with E-state index in [2.05, 4.69) is 31.3 Å². The summed E-state index contributed by atoms with van der Waals surface area (Å²) < 4.78 is 11.1.